The molecule has 0 aliphatic carbocycles. The number of methoxy groups -OCH3 is 2. The Morgan fingerprint density at radius 2 is 1.64 bits per heavy atom. The minimum Gasteiger partial charge on any atom is -0.497 e. The molecule has 0 unspecified atom stereocenters. The molecule has 22 heavy (non-hydrogen) atoms. The van der Waals surface area contributed by atoms with Crippen molar-refractivity contribution in [3.63, 3.8) is 0 Å². The van der Waals surface area contributed by atoms with Gasteiger partial charge in [-0.2, -0.15) is 0 Å². The summed E-state index contributed by atoms with van der Waals surface area (Å²) >= 11 is 5.99. The molecule has 0 aliphatic heterocycles. The molecular formula is C15H13ClN4O2. The summed E-state index contributed by atoms with van der Waals surface area (Å²) in [7, 11) is 3.17. The van der Waals surface area contributed by atoms with Gasteiger partial charge in [0.05, 0.1) is 19.7 Å². The predicted octanol–water partition coefficient (Wildman–Crippen LogP) is 2.94. The largest absolute Gasteiger partial charge is 0.497 e. The van der Waals surface area contributed by atoms with Crippen LogP contribution in [0, 0.1) is 0 Å². The molecule has 0 fully saturated rings. The maximum Gasteiger partial charge on any atom is 0.221 e. The van der Waals surface area contributed by atoms with E-state index in [1.807, 2.05) is 12.1 Å². The standard InChI is InChI=1S/C15H13ClN4O2/c1-21-9-5-8(6-10(7-9)22-2)13-14-11(18-15(17)20-13)3-4-12(16)19-14/h3-7H,1-2H3,(H2,17,18,20). The van der Waals surface area contributed by atoms with Crippen molar-refractivity contribution in [2.75, 3.05) is 20.0 Å². The highest BCUT2D eigenvalue weighted by atomic mass is 35.5. The molecule has 112 valence electrons. The normalized spacial score (nSPS) is 10.7. The van der Waals surface area contributed by atoms with Crippen LogP contribution in [-0.4, -0.2) is 29.2 Å². The highest BCUT2D eigenvalue weighted by Gasteiger charge is 2.13. The number of hydrogen-bond acceptors (Lipinski definition) is 6. The lowest BCUT2D eigenvalue weighted by atomic mass is 10.1. The molecular weight excluding hydrogens is 304 g/mol. The van der Waals surface area contributed by atoms with Crippen molar-refractivity contribution in [1.29, 1.82) is 0 Å². The van der Waals surface area contributed by atoms with Crippen molar-refractivity contribution in [3.05, 3.63) is 35.5 Å². The van der Waals surface area contributed by atoms with Gasteiger partial charge >= 0.3 is 0 Å². The number of aromatic nitrogens is 3. The van der Waals surface area contributed by atoms with E-state index >= 15 is 0 Å². The fraction of sp³-hybridized carbons (Fsp3) is 0.133. The Hall–Kier alpha value is -2.60. The summed E-state index contributed by atoms with van der Waals surface area (Å²) in [6.07, 6.45) is 0. The van der Waals surface area contributed by atoms with Gasteiger partial charge in [0.2, 0.25) is 5.95 Å². The van der Waals surface area contributed by atoms with Crippen LogP contribution in [-0.2, 0) is 0 Å². The minimum absolute atomic E-state index is 0.161. The van der Waals surface area contributed by atoms with Crippen LogP contribution in [0.1, 0.15) is 0 Å². The fourth-order valence-electron chi connectivity index (χ4n) is 2.15. The van der Waals surface area contributed by atoms with Crippen LogP contribution in [0.15, 0.2) is 30.3 Å². The van der Waals surface area contributed by atoms with Crippen molar-refractivity contribution < 1.29 is 9.47 Å². The molecule has 3 aromatic rings. The third-order valence-corrected chi connectivity index (χ3v) is 3.36. The number of nitrogens with zero attached hydrogens (tertiary/aromatic N) is 3. The molecule has 3 rings (SSSR count). The molecule has 2 aromatic heterocycles. The number of nitrogens with two attached hydrogens (primary N) is 1. The second-order valence-corrected chi connectivity index (χ2v) is 4.92. The molecule has 0 spiro atoms. The molecule has 0 atom stereocenters. The number of ether oxygens (including phenoxy) is 2. The van der Waals surface area contributed by atoms with Gasteiger partial charge in [0.1, 0.15) is 27.9 Å². The monoisotopic (exact) mass is 316 g/mol. The molecule has 1 aromatic carbocycles. The first-order chi connectivity index (χ1) is 10.6. The zero-order valence-electron chi connectivity index (χ0n) is 12.0. The van der Waals surface area contributed by atoms with E-state index in [4.69, 9.17) is 26.8 Å². The second kappa shape index (κ2) is 5.65. The van der Waals surface area contributed by atoms with E-state index in [-0.39, 0.29) is 5.95 Å². The molecule has 0 radical (unpaired) electrons. The maximum absolute atomic E-state index is 5.99. The SMILES string of the molecule is COc1cc(OC)cc(-c2nc(N)nc3ccc(Cl)nc23)c1. The quantitative estimate of drug-likeness (QED) is 0.748. The second-order valence-electron chi connectivity index (χ2n) is 4.53. The summed E-state index contributed by atoms with van der Waals surface area (Å²) in [5.74, 6) is 1.44. The van der Waals surface area contributed by atoms with Crippen molar-refractivity contribution in [2.45, 2.75) is 0 Å². The molecule has 2 heterocycles. The lowest BCUT2D eigenvalue weighted by Gasteiger charge is -2.10. The van der Waals surface area contributed by atoms with Crippen LogP contribution in [0.25, 0.3) is 22.3 Å². The van der Waals surface area contributed by atoms with Crippen molar-refractivity contribution >= 4 is 28.6 Å². The van der Waals surface area contributed by atoms with Gasteiger partial charge in [-0.1, -0.05) is 11.6 Å². The minimum atomic E-state index is 0.161. The topological polar surface area (TPSA) is 83.2 Å². The molecule has 0 saturated heterocycles. The Bertz CT molecular complexity index is 832. The average Bonchev–Trinajstić information content (AvgIpc) is 2.54. The van der Waals surface area contributed by atoms with E-state index in [1.165, 1.54) is 0 Å². The molecule has 0 amide bonds. The number of hydrogen-bond donors (Lipinski definition) is 1. The van der Waals surface area contributed by atoms with Crippen molar-refractivity contribution in [1.82, 2.24) is 15.0 Å². The van der Waals surface area contributed by atoms with Gasteiger partial charge in [0.15, 0.2) is 0 Å². The number of halogens is 1. The summed E-state index contributed by atoms with van der Waals surface area (Å²) in [5, 5.41) is 0.358. The molecule has 6 nitrogen and oxygen atoms in total. The lowest BCUT2D eigenvalue weighted by molar-refractivity contribution is 0.394. The third kappa shape index (κ3) is 2.60. The first-order valence-electron chi connectivity index (χ1n) is 6.44. The summed E-state index contributed by atoms with van der Waals surface area (Å²) < 4.78 is 10.6. The highest BCUT2D eigenvalue weighted by molar-refractivity contribution is 6.29. The molecule has 2 N–H and O–H groups in total. The number of nitrogen functional groups attached to an aromatic ring is 1. The molecule has 0 saturated carbocycles. The van der Waals surface area contributed by atoms with E-state index in [0.717, 1.165) is 5.56 Å². The number of anilines is 1. The van der Waals surface area contributed by atoms with Crippen LogP contribution in [0.5, 0.6) is 11.5 Å². The number of benzene rings is 1. The van der Waals surface area contributed by atoms with E-state index in [9.17, 15) is 0 Å². The van der Waals surface area contributed by atoms with Gasteiger partial charge < -0.3 is 15.2 Å². The zero-order valence-corrected chi connectivity index (χ0v) is 12.8. The van der Waals surface area contributed by atoms with Gasteiger partial charge in [-0.3, -0.25) is 0 Å². The van der Waals surface area contributed by atoms with Gasteiger partial charge in [-0.15, -0.1) is 0 Å². The fourth-order valence-corrected chi connectivity index (χ4v) is 2.30. The van der Waals surface area contributed by atoms with Gasteiger partial charge in [-0.05, 0) is 24.3 Å². The van der Waals surface area contributed by atoms with Crippen LogP contribution in [0.3, 0.4) is 0 Å². The van der Waals surface area contributed by atoms with Crippen LogP contribution < -0.4 is 15.2 Å². The molecule has 0 aliphatic rings. The van der Waals surface area contributed by atoms with E-state index < -0.39 is 0 Å². The number of rotatable bonds is 3. The molecule has 7 heteroatoms. The van der Waals surface area contributed by atoms with Crippen molar-refractivity contribution in [3.8, 4) is 22.8 Å². The summed E-state index contributed by atoms with van der Waals surface area (Å²) in [5.41, 5.74) is 8.31. The summed E-state index contributed by atoms with van der Waals surface area (Å²) in [6, 6.07) is 8.84. The van der Waals surface area contributed by atoms with Gasteiger partial charge in [0, 0.05) is 11.6 Å². The number of pyridine rings is 1. The van der Waals surface area contributed by atoms with Gasteiger partial charge in [-0.25, -0.2) is 15.0 Å². The van der Waals surface area contributed by atoms with Gasteiger partial charge in [0.25, 0.3) is 0 Å². The third-order valence-electron chi connectivity index (χ3n) is 3.15. The molecule has 0 bridgehead atoms. The Balaban J connectivity index is 2.31. The highest BCUT2D eigenvalue weighted by Crippen LogP contribution is 2.32. The number of fused-ring (bicyclic) bond motifs is 1. The zero-order chi connectivity index (χ0) is 15.7. The Labute approximate surface area is 131 Å². The van der Waals surface area contributed by atoms with Crippen LogP contribution in [0.4, 0.5) is 5.95 Å². The van der Waals surface area contributed by atoms with E-state index in [1.54, 1.807) is 32.4 Å². The predicted molar refractivity (Wildman–Crippen MR) is 85.3 cm³/mol. The van der Waals surface area contributed by atoms with Crippen LogP contribution >= 0.6 is 11.6 Å². The lowest BCUT2D eigenvalue weighted by Crippen LogP contribution is -2.00. The van der Waals surface area contributed by atoms with E-state index in [0.29, 0.717) is 33.4 Å². The van der Waals surface area contributed by atoms with Crippen molar-refractivity contribution in [2.24, 2.45) is 0 Å². The van der Waals surface area contributed by atoms with E-state index in [2.05, 4.69) is 15.0 Å². The maximum atomic E-state index is 5.99. The first kappa shape index (κ1) is 14.3. The summed E-state index contributed by atoms with van der Waals surface area (Å²) in [4.78, 5) is 12.8. The average molecular weight is 317 g/mol. The Kier molecular flexibility index (Phi) is 3.68. The Morgan fingerprint density at radius 1 is 0.955 bits per heavy atom. The van der Waals surface area contributed by atoms with Crippen LogP contribution in [0.2, 0.25) is 5.15 Å². The Morgan fingerprint density at radius 3 is 2.27 bits per heavy atom. The first-order valence-corrected chi connectivity index (χ1v) is 6.81. The smallest absolute Gasteiger partial charge is 0.221 e. The summed E-state index contributed by atoms with van der Waals surface area (Å²) in [6.45, 7) is 0.